The van der Waals surface area contributed by atoms with Gasteiger partial charge in [-0.2, -0.15) is 0 Å². The standard InChI is InChI=1S/C24H40N2O6SSi/c1-10-24(11-2)31-16-17(32-24)23(33-19(16)26-12-15(3)18(27)25-20(26)28)13-29-34(30-14-23,21(4,5)6)22(7,8)9/h12,16-17,19H,10-11,13-14H2,1-9H3,(H,25,27,28)/t16-,17+,19?/m1/s1. The lowest BCUT2D eigenvalue weighted by Gasteiger charge is -2.55. The van der Waals surface area contributed by atoms with E-state index in [9.17, 15) is 9.59 Å². The van der Waals surface area contributed by atoms with Crippen molar-refractivity contribution in [2.24, 2.45) is 0 Å². The molecule has 0 aromatic carbocycles. The van der Waals surface area contributed by atoms with E-state index in [-0.39, 0.29) is 33.2 Å². The number of rotatable bonds is 3. The zero-order chi connectivity index (χ0) is 25.3. The van der Waals surface area contributed by atoms with Crippen molar-refractivity contribution in [3.8, 4) is 0 Å². The molecule has 0 radical (unpaired) electrons. The van der Waals surface area contributed by atoms with Crippen LogP contribution in [0.25, 0.3) is 0 Å². The first-order valence-corrected chi connectivity index (χ1v) is 15.0. The molecule has 1 aromatic heterocycles. The first kappa shape index (κ1) is 26.2. The number of aryl methyl sites for hydroxylation is 1. The number of thioether (sulfide) groups is 1. The van der Waals surface area contributed by atoms with Gasteiger partial charge in [0.2, 0.25) is 0 Å². The number of aromatic nitrogens is 2. The Morgan fingerprint density at radius 3 is 2.12 bits per heavy atom. The fraction of sp³-hybridized carbons (Fsp3) is 0.833. The smallest absolute Gasteiger partial charge is 0.349 e. The Hall–Kier alpha value is -0.913. The van der Waals surface area contributed by atoms with E-state index in [0.717, 1.165) is 0 Å². The molecule has 4 heterocycles. The van der Waals surface area contributed by atoms with Crippen LogP contribution in [0.1, 0.15) is 79.2 Å². The number of ether oxygens (including phenoxy) is 2. The molecule has 0 saturated carbocycles. The summed E-state index contributed by atoms with van der Waals surface area (Å²) >= 11 is 1.61. The maximum Gasteiger partial charge on any atom is 0.349 e. The molecule has 4 rings (SSSR count). The average molecular weight is 513 g/mol. The average Bonchev–Trinajstić information content (AvgIpc) is 3.26. The normalized spacial score (nSPS) is 30.0. The van der Waals surface area contributed by atoms with E-state index in [2.05, 4.69) is 60.4 Å². The van der Waals surface area contributed by atoms with Crippen molar-refractivity contribution >= 4 is 20.3 Å². The maximum atomic E-state index is 12.8. The molecule has 3 aliphatic heterocycles. The van der Waals surface area contributed by atoms with Crippen LogP contribution in [-0.4, -0.2) is 54.1 Å². The van der Waals surface area contributed by atoms with Crippen LogP contribution >= 0.6 is 11.8 Å². The summed E-state index contributed by atoms with van der Waals surface area (Å²) in [6.45, 7) is 20.0. The highest BCUT2D eigenvalue weighted by molar-refractivity contribution is 8.01. The van der Waals surface area contributed by atoms with Gasteiger partial charge in [0.1, 0.15) is 17.6 Å². The third-order valence-corrected chi connectivity index (χ3v) is 14.4. The minimum absolute atomic E-state index is 0.120. The van der Waals surface area contributed by atoms with Crippen molar-refractivity contribution in [2.75, 3.05) is 13.2 Å². The summed E-state index contributed by atoms with van der Waals surface area (Å²) in [7, 11) is -2.63. The van der Waals surface area contributed by atoms with Crippen molar-refractivity contribution in [1.29, 1.82) is 0 Å². The fourth-order valence-electron chi connectivity index (χ4n) is 5.95. The molecule has 0 amide bonds. The summed E-state index contributed by atoms with van der Waals surface area (Å²) in [6.07, 6.45) is 2.37. The monoisotopic (exact) mass is 512 g/mol. The lowest BCUT2D eigenvalue weighted by atomic mass is 9.99. The van der Waals surface area contributed by atoms with E-state index in [1.54, 1.807) is 29.4 Å². The molecule has 3 fully saturated rings. The van der Waals surface area contributed by atoms with Crippen LogP contribution in [0.3, 0.4) is 0 Å². The third kappa shape index (κ3) is 3.80. The van der Waals surface area contributed by atoms with Crippen molar-refractivity contribution < 1.29 is 18.3 Å². The molecule has 192 valence electrons. The van der Waals surface area contributed by atoms with Crippen LogP contribution in [0.5, 0.6) is 0 Å². The number of nitrogens with zero attached hydrogens (tertiary/aromatic N) is 1. The molecule has 1 unspecified atom stereocenters. The van der Waals surface area contributed by atoms with Gasteiger partial charge in [-0.15, -0.1) is 11.8 Å². The lowest BCUT2D eigenvalue weighted by molar-refractivity contribution is -0.186. The Kier molecular flexibility index (Phi) is 6.39. The second-order valence-electron chi connectivity index (χ2n) is 12.0. The van der Waals surface area contributed by atoms with Crippen LogP contribution in [0, 0.1) is 6.92 Å². The van der Waals surface area contributed by atoms with Crippen LogP contribution in [0.15, 0.2) is 15.8 Å². The molecule has 3 atom stereocenters. The summed E-state index contributed by atoms with van der Waals surface area (Å²) in [4.78, 5) is 27.3. The Labute approximate surface area is 207 Å². The van der Waals surface area contributed by atoms with Crippen LogP contribution in [0.4, 0.5) is 0 Å². The van der Waals surface area contributed by atoms with Crippen molar-refractivity contribution in [3.63, 3.8) is 0 Å². The molecule has 0 aliphatic carbocycles. The van der Waals surface area contributed by atoms with E-state index >= 15 is 0 Å². The number of nitrogens with one attached hydrogen (secondary N) is 1. The lowest BCUT2D eigenvalue weighted by Crippen LogP contribution is -2.66. The topological polar surface area (TPSA) is 91.8 Å². The Morgan fingerprint density at radius 2 is 1.62 bits per heavy atom. The van der Waals surface area contributed by atoms with Gasteiger partial charge in [-0.3, -0.25) is 14.3 Å². The van der Waals surface area contributed by atoms with E-state index < -0.39 is 24.8 Å². The summed E-state index contributed by atoms with van der Waals surface area (Å²) in [6, 6.07) is 0. The second kappa shape index (κ2) is 8.31. The summed E-state index contributed by atoms with van der Waals surface area (Å²) in [5.41, 5.74) is -0.327. The van der Waals surface area contributed by atoms with Gasteiger partial charge in [-0.1, -0.05) is 55.4 Å². The zero-order valence-electron chi connectivity index (χ0n) is 21.9. The van der Waals surface area contributed by atoms with Gasteiger partial charge >= 0.3 is 14.3 Å². The number of hydrogen-bond donors (Lipinski definition) is 1. The number of aromatic amines is 1. The summed E-state index contributed by atoms with van der Waals surface area (Å²) < 4.78 is 28.0. The number of hydrogen-bond acceptors (Lipinski definition) is 7. The summed E-state index contributed by atoms with van der Waals surface area (Å²) in [5.74, 6) is -0.706. The van der Waals surface area contributed by atoms with Crippen molar-refractivity contribution in [2.45, 2.75) is 113 Å². The Bertz CT molecular complexity index is 1030. The van der Waals surface area contributed by atoms with Gasteiger partial charge in [-0.05, 0) is 19.8 Å². The predicted octanol–water partition coefficient (Wildman–Crippen LogP) is 4.22. The third-order valence-electron chi connectivity index (χ3n) is 7.66. The fourth-order valence-corrected chi connectivity index (χ4v) is 12.8. The molecule has 8 nitrogen and oxygen atoms in total. The van der Waals surface area contributed by atoms with Crippen LogP contribution < -0.4 is 11.2 Å². The first-order valence-electron chi connectivity index (χ1n) is 12.3. The molecule has 10 heteroatoms. The van der Waals surface area contributed by atoms with Gasteiger partial charge in [0, 0.05) is 21.8 Å². The first-order chi connectivity index (χ1) is 15.6. The highest BCUT2D eigenvalue weighted by Gasteiger charge is 2.69. The van der Waals surface area contributed by atoms with Gasteiger partial charge in [0.05, 0.1) is 18.0 Å². The molecule has 34 heavy (non-hydrogen) atoms. The minimum atomic E-state index is -2.63. The molecular formula is C24H40N2O6SSi. The molecule has 3 aliphatic rings. The second-order valence-corrected chi connectivity index (χ2v) is 18.3. The zero-order valence-corrected chi connectivity index (χ0v) is 23.8. The van der Waals surface area contributed by atoms with E-state index in [4.69, 9.17) is 18.3 Å². The van der Waals surface area contributed by atoms with Gasteiger partial charge in [-0.25, -0.2) is 4.79 Å². The van der Waals surface area contributed by atoms with E-state index in [1.165, 1.54) is 0 Å². The highest BCUT2D eigenvalue weighted by Crippen LogP contribution is 2.62. The molecule has 1 N–H and O–H groups in total. The van der Waals surface area contributed by atoms with Crippen LogP contribution in [0.2, 0.25) is 10.1 Å². The van der Waals surface area contributed by atoms with E-state index in [1.807, 2.05) is 0 Å². The minimum Gasteiger partial charge on any atom is -0.392 e. The SMILES string of the molecule is CCC1(CC)O[C@H]2C(n3cc(C)c(=O)[nH]c3=O)SC3(CO[Si](C(C)(C)C)(C(C)(C)C)OC3)[C@H]2O1. The van der Waals surface area contributed by atoms with Gasteiger partial charge < -0.3 is 18.3 Å². The summed E-state index contributed by atoms with van der Waals surface area (Å²) in [5, 5.41) is -0.601. The predicted molar refractivity (Wildman–Crippen MR) is 136 cm³/mol. The largest absolute Gasteiger partial charge is 0.392 e. The molecular weight excluding hydrogens is 472 g/mol. The Morgan fingerprint density at radius 1 is 1.06 bits per heavy atom. The molecule has 3 saturated heterocycles. The Balaban J connectivity index is 1.75. The van der Waals surface area contributed by atoms with Gasteiger partial charge in [0.15, 0.2) is 5.79 Å². The number of fused-ring (bicyclic) bond motifs is 2. The van der Waals surface area contributed by atoms with Gasteiger partial charge in [0.25, 0.3) is 5.56 Å². The molecule has 1 spiro atoms. The highest BCUT2D eigenvalue weighted by atomic mass is 32.2. The molecule has 1 aromatic rings. The quantitative estimate of drug-likeness (QED) is 0.606. The van der Waals surface area contributed by atoms with Crippen molar-refractivity contribution in [3.05, 3.63) is 32.6 Å². The van der Waals surface area contributed by atoms with E-state index in [0.29, 0.717) is 31.6 Å². The van der Waals surface area contributed by atoms with Crippen molar-refractivity contribution in [1.82, 2.24) is 9.55 Å². The van der Waals surface area contributed by atoms with Crippen LogP contribution in [-0.2, 0) is 18.3 Å². The number of H-pyrrole nitrogens is 1. The maximum absolute atomic E-state index is 12.8. The molecule has 0 bridgehead atoms.